The van der Waals surface area contributed by atoms with E-state index in [1.54, 1.807) is 0 Å². The summed E-state index contributed by atoms with van der Waals surface area (Å²) in [6.07, 6.45) is 6.19. The first-order valence-electron chi connectivity index (χ1n) is 6.04. The Morgan fingerprint density at radius 2 is 2.07 bits per heavy atom. The summed E-state index contributed by atoms with van der Waals surface area (Å²) in [5.41, 5.74) is -0.276. The van der Waals surface area contributed by atoms with Crippen molar-refractivity contribution >= 4 is 12.0 Å². The second kappa shape index (κ2) is 2.36. The third-order valence-corrected chi connectivity index (χ3v) is 5.67. The Morgan fingerprint density at radius 1 is 1.33 bits per heavy atom. The maximum absolute atomic E-state index is 12.6. The van der Waals surface area contributed by atoms with Gasteiger partial charge in [0.2, 0.25) is 0 Å². The van der Waals surface area contributed by atoms with Crippen LogP contribution in [0.2, 0.25) is 0 Å². The molecule has 2 unspecified atom stereocenters. The highest BCUT2D eigenvalue weighted by Crippen LogP contribution is 2.69. The van der Waals surface area contributed by atoms with Gasteiger partial charge in [0, 0.05) is 11.6 Å². The first-order valence-corrected chi connectivity index (χ1v) is 6.04. The number of rotatable bonds is 0. The van der Waals surface area contributed by atoms with Crippen molar-refractivity contribution in [1.29, 1.82) is 0 Å². The van der Waals surface area contributed by atoms with Crippen molar-refractivity contribution in [2.75, 3.05) is 0 Å². The number of aliphatic imine (C=N–C) groups is 1. The summed E-state index contributed by atoms with van der Waals surface area (Å²) in [7, 11) is 0. The molecule has 2 heteroatoms. The molecule has 0 N–H and O–H groups in total. The summed E-state index contributed by atoms with van der Waals surface area (Å²) >= 11 is 0. The molecule has 0 aromatic carbocycles. The Hall–Kier alpha value is -0.660. The highest BCUT2D eigenvalue weighted by Gasteiger charge is 2.73. The molecule has 0 radical (unpaired) electrons. The molecule has 1 aliphatic heterocycles. The van der Waals surface area contributed by atoms with Crippen LogP contribution in [0, 0.1) is 16.7 Å². The maximum atomic E-state index is 12.6. The van der Waals surface area contributed by atoms with Gasteiger partial charge in [-0.05, 0) is 37.0 Å². The van der Waals surface area contributed by atoms with Crippen LogP contribution in [0.1, 0.15) is 46.5 Å². The molecule has 2 nitrogen and oxygen atoms in total. The van der Waals surface area contributed by atoms with Crippen LogP contribution in [-0.4, -0.2) is 17.5 Å². The van der Waals surface area contributed by atoms with Gasteiger partial charge in [0.05, 0.1) is 0 Å². The van der Waals surface area contributed by atoms with Crippen LogP contribution < -0.4 is 0 Å². The smallest absolute Gasteiger partial charge is 0.167 e. The van der Waals surface area contributed by atoms with Crippen LogP contribution >= 0.6 is 0 Å². The topological polar surface area (TPSA) is 29.4 Å². The van der Waals surface area contributed by atoms with E-state index in [1.807, 2.05) is 6.21 Å². The lowest BCUT2D eigenvalue weighted by Crippen LogP contribution is -2.43. The molecule has 0 aromatic heterocycles. The lowest BCUT2D eigenvalue weighted by molar-refractivity contribution is -0.132. The second-order valence-electron chi connectivity index (χ2n) is 6.25. The highest BCUT2D eigenvalue weighted by atomic mass is 16.1. The molecular weight excluding hydrogens is 186 g/mol. The summed E-state index contributed by atoms with van der Waals surface area (Å²) in [6, 6.07) is 0. The van der Waals surface area contributed by atoms with E-state index in [0.29, 0.717) is 11.7 Å². The van der Waals surface area contributed by atoms with E-state index in [0.717, 1.165) is 19.3 Å². The molecule has 1 heterocycles. The summed E-state index contributed by atoms with van der Waals surface area (Å²) < 4.78 is 0. The van der Waals surface area contributed by atoms with Crippen molar-refractivity contribution in [3.63, 3.8) is 0 Å². The fraction of sp³-hybridized carbons (Fsp3) is 0.846. The Balaban J connectivity index is 2.18. The number of nitrogens with zero attached hydrogens (tertiary/aromatic N) is 1. The largest absolute Gasteiger partial charge is 0.296 e. The van der Waals surface area contributed by atoms with Crippen LogP contribution in [0.15, 0.2) is 4.99 Å². The van der Waals surface area contributed by atoms with Crippen molar-refractivity contribution < 1.29 is 4.79 Å². The van der Waals surface area contributed by atoms with Gasteiger partial charge in [0.15, 0.2) is 5.78 Å². The third kappa shape index (κ3) is 0.765. The first-order chi connectivity index (χ1) is 6.95. The minimum absolute atomic E-state index is 0.112. The van der Waals surface area contributed by atoms with E-state index in [2.05, 4.69) is 25.8 Å². The standard InChI is InChI=1S/C13H19NO/c1-11(2)9-5-7-12(11,3)10(15)13(9)6-4-8-14-13/h8-9H,4-7H2,1-3H3/t9?,12?,13-/m1/s1. The van der Waals surface area contributed by atoms with Crippen molar-refractivity contribution in [3.8, 4) is 0 Å². The molecule has 2 bridgehead atoms. The van der Waals surface area contributed by atoms with Crippen molar-refractivity contribution in [3.05, 3.63) is 0 Å². The lowest BCUT2D eigenvalue weighted by Gasteiger charge is -2.32. The van der Waals surface area contributed by atoms with E-state index in [9.17, 15) is 4.79 Å². The number of carbonyl (C=O) groups is 1. The molecule has 82 valence electrons. The molecule has 0 amide bonds. The third-order valence-electron chi connectivity index (χ3n) is 5.67. The van der Waals surface area contributed by atoms with Crippen LogP contribution in [0.4, 0.5) is 0 Å². The maximum Gasteiger partial charge on any atom is 0.167 e. The Kier molecular flexibility index (Phi) is 1.50. The van der Waals surface area contributed by atoms with E-state index in [1.165, 1.54) is 6.42 Å². The predicted octanol–water partition coefficient (Wildman–Crippen LogP) is 2.62. The SMILES string of the molecule is CC12CCC(C1(C)C)[C@]1(CCC=N1)C2=O. The van der Waals surface area contributed by atoms with Gasteiger partial charge in [0.1, 0.15) is 5.54 Å². The molecule has 3 rings (SSSR count). The summed E-state index contributed by atoms with van der Waals surface area (Å²) in [4.78, 5) is 17.2. The van der Waals surface area contributed by atoms with Gasteiger partial charge in [0.25, 0.3) is 0 Å². The Bertz CT molecular complexity index is 371. The van der Waals surface area contributed by atoms with Crippen LogP contribution in [0.5, 0.6) is 0 Å². The van der Waals surface area contributed by atoms with Crippen molar-refractivity contribution in [2.24, 2.45) is 21.7 Å². The van der Waals surface area contributed by atoms with E-state index in [-0.39, 0.29) is 16.4 Å². The number of hydrogen-bond donors (Lipinski definition) is 0. The van der Waals surface area contributed by atoms with Crippen molar-refractivity contribution in [2.45, 2.75) is 52.0 Å². The number of carbonyl (C=O) groups excluding carboxylic acids is 1. The van der Waals surface area contributed by atoms with Crippen LogP contribution in [-0.2, 0) is 4.79 Å². The number of hydrogen-bond acceptors (Lipinski definition) is 2. The molecule has 3 atom stereocenters. The Labute approximate surface area is 91.2 Å². The molecule has 3 aliphatic rings. The molecule has 0 saturated heterocycles. The van der Waals surface area contributed by atoms with Gasteiger partial charge >= 0.3 is 0 Å². The zero-order valence-corrected chi connectivity index (χ0v) is 9.84. The Morgan fingerprint density at radius 3 is 2.53 bits per heavy atom. The van der Waals surface area contributed by atoms with Gasteiger partial charge in [-0.1, -0.05) is 20.8 Å². The lowest BCUT2D eigenvalue weighted by atomic mass is 9.70. The van der Waals surface area contributed by atoms with Gasteiger partial charge in [-0.25, -0.2) is 0 Å². The van der Waals surface area contributed by atoms with E-state index in [4.69, 9.17) is 0 Å². The van der Waals surface area contributed by atoms with Gasteiger partial charge in [-0.15, -0.1) is 0 Å². The normalized spacial score (nSPS) is 50.9. The second-order valence-corrected chi connectivity index (χ2v) is 6.25. The quantitative estimate of drug-likeness (QED) is 0.597. The number of Topliss-reactive ketones (excluding diaryl/α,β-unsaturated/α-hetero) is 1. The average Bonchev–Trinajstić information content (AvgIpc) is 2.74. The number of ketones is 1. The number of fused-ring (bicyclic) bond motifs is 3. The van der Waals surface area contributed by atoms with Crippen LogP contribution in [0.25, 0.3) is 0 Å². The predicted molar refractivity (Wildman–Crippen MR) is 60.1 cm³/mol. The summed E-state index contributed by atoms with van der Waals surface area (Å²) in [5, 5.41) is 0. The highest BCUT2D eigenvalue weighted by molar-refractivity contribution is 6.00. The molecular formula is C13H19NO. The fourth-order valence-corrected chi connectivity index (χ4v) is 4.39. The molecule has 1 spiro atoms. The van der Waals surface area contributed by atoms with Gasteiger partial charge < -0.3 is 0 Å². The van der Waals surface area contributed by atoms with Gasteiger partial charge in [-0.2, -0.15) is 0 Å². The van der Waals surface area contributed by atoms with Crippen LogP contribution in [0.3, 0.4) is 0 Å². The molecule has 0 aromatic rings. The summed E-state index contributed by atoms with van der Waals surface area (Å²) in [6.45, 7) is 6.70. The summed E-state index contributed by atoms with van der Waals surface area (Å²) in [5.74, 6) is 0.922. The monoisotopic (exact) mass is 205 g/mol. The minimum atomic E-state index is -0.309. The van der Waals surface area contributed by atoms with Gasteiger partial charge in [-0.3, -0.25) is 9.79 Å². The average molecular weight is 205 g/mol. The minimum Gasteiger partial charge on any atom is -0.296 e. The van der Waals surface area contributed by atoms with Crippen molar-refractivity contribution in [1.82, 2.24) is 0 Å². The molecule has 15 heavy (non-hydrogen) atoms. The first kappa shape index (κ1) is 9.56. The molecule has 2 aliphatic carbocycles. The van der Waals surface area contributed by atoms with E-state index < -0.39 is 0 Å². The molecule has 2 fully saturated rings. The molecule has 2 saturated carbocycles. The zero-order chi connectivity index (χ0) is 10.9. The fourth-order valence-electron chi connectivity index (χ4n) is 4.39. The zero-order valence-electron chi connectivity index (χ0n) is 9.84. The van der Waals surface area contributed by atoms with E-state index >= 15 is 0 Å².